The number of hydrogen-bond donors (Lipinski definition) is 2. The number of rotatable bonds is 2. The summed E-state index contributed by atoms with van der Waals surface area (Å²) in [6.07, 6.45) is 3.68. The lowest BCUT2D eigenvalue weighted by Crippen LogP contribution is -2.62. The molecule has 0 amide bonds. The van der Waals surface area contributed by atoms with Crippen molar-refractivity contribution in [2.75, 3.05) is 33.3 Å². The van der Waals surface area contributed by atoms with Crippen molar-refractivity contribution in [2.24, 2.45) is 5.92 Å². The number of nitrogens with one attached hydrogen (secondary N) is 1. The molecule has 2 saturated heterocycles. The Morgan fingerprint density at radius 1 is 1.54 bits per heavy atom. The largest absolute Gasteiger partial charge is 0.394 e. The number of likely N-dealkylation sites (N-methyl/N-ethyl adjacent to an activating group) is 1. The first kappa shape index (κ1) is 9.44. The van der Waals surface area contributed by atoms with Crippen LogP contribution in [0.3, 0.4) is 0 Å². The first-order valence-corrected chi connectivity index (χ1v) is 5.33. The van der Waals surface area contributed by atoms with Crippen LogP contribution in [0.25, 0.3) is 0 Å². The third-order valence-electron chi connectivity index (χ3n) is 3.94. The van der Waals surface area contributed by atoms with Gasteiger partial charge in [0.25, 0.3) is 0 Å². The number of aliphatic hydroxyl groups is 1. The molecule has 0 aromatic rings. The molecule has 13 heavy (non-hydrogen) atoms. The fraction of sp³-hybridized carbons (Fsp3) is 1.00. The summed E-state index contributed by atoms with van der Waals surface area (Å²) in [5.41, 5.74) is 0.0247. The molecule has 2 rings (SSSR count). The highest BCUT2D eigenvalue weighted by molar-refractivity contribution is 5.00. The van der Waals surface area contributed by atoms with Gasteiger partial charge >= 0.3 is 0 Å². The minimum Gasteiger partial charge on any atom is -0.394 e. The fourth-order valence-electron chi connectivity index (χ4n) is 2.89. The second-order valence-electron chi connectivity index (χ2n) is 4.45. The minimum absolute atomic E-state index is 0.0247. The van der Waals surface area contributed by atoms with Gasteiger partial charge in [-0.15, -0.1) is 0 Å². The Bertz CT molecular complexity index is 180. The first-order chi connectivity index (χ1) is 6.30. The highest BCUT2D eigenvalue weighted by Crippen LogP contribution is 2.34. The van der Waals surface area contributed by atoms with Crippen LogP contribution >= 0.6 is 0 Å². The maximum atomic E-state index is 9.47. The summed E-state index contributed by atoms with van der Waals surface area (Å²) in [7, 11) is 1.99. The Hall–Kier alpha value is -0.120. The molecule has 2 N–H and O–H groups in total. The van der Waals surface area contributed by atoms with Crippen molar-refractivity contribution < 1.29 is 5.11 Å². The lowest BCUT2D eigenvalue weighted by atomic mass is 9.74. The van der Waals surface area contributed by atoms with E-state index in [4.69, 9.17) is 0 Å². The maximum Gasteiger partial charge on any atom is 0.0616 e. The first-order valence-electron chi connectivity index (χ1n) is 5.33. The summed E-state index contributed by atoms with van der Waals surface area (Å²) in [4.78, 5) is 2.53. The molecule has 2 bridgehead atoms. The summed E-state index contributed by atoms with van der Waals surface area (Å²) in [6, 6.07) is 0. The SMILES string of the molecule is CNC1(CO)CCN2CCCC1C2. The van der Waals surface area contributed by atoms with Crippen LogP contribution in [-0.4, -0.2) is 48.8 Å². The van der Waals surface area contributed by atoms with Gasteiger partial charge in [0, 0.05) is 12.1 Å². The molecule has 0 saturated carbocycles. The molecule has 3 nitrogen and oxygen atoms in total. The van der Waals surface area contributed by atoms with Crippen molar-refractivity contribution >= 4 is 0 Å². The van der Waals surface area contributed by atoms with E-state index >= 15 is 0 Å². The highest BCUT2D eigenvalue weighted by atomic mass is 16.3. The van der Waals surface area contributed by atoms with Crippen LogP contribution in [0.4, 0.5) is 0 Å². The summed E-state index contributed by atoms with van der Waals surface area (Å²) < 4.78 is 0. The third-order valence-corrected chi connectivity index (χ3v) is 3.94. The fourth-order valence-corrected chi connectivity index (χ4v) is 2.89. The van der Waals surface area contributed by atoms with Gasteiger partial charge in [0.05, 0.1) is 6.61 Å². The van der Waals surface area contributed by atoms with Crippen LogP contribution in [0.15, 0.2) is 0 Å². The van der Waals surface area contributed by atoms with Crippen molar-refractivity contribution in [3.63, 3.8) is 0 Å². The Labute approximate surface area is 80.1 Å². The summed E-state index contributed by atoms with van der Waals surface area (Å²) >= 11 is 0. The van der Waals surface area contributed by atoms with Gasteiger partial charge in [-0.25, -0.2) is 0 Å². The van der Waals surface area contributed by atoms with Gasteiger partial charge in [-0.05, 0) is 45.3 Å². The minimum atomic E-state index is 0.0247. The third kappa shape index (κ3) is 1.49. The van der Waals surface area contributed by atoms with Crippen LogP contribution in [0.5, 0.6) is 0 Å². The monoisotopic (exact) mass is 184 g/mol. The standard InChI is InChI=1S/C10H20N2O/c1-11-10(8-13)4-6-12-5-2-3-9(10)7-12/h9,11,13H,2-8H2,1H3. The summed E-state index contributed by atoms with van der Waals surface area (Å²) in [5.74, 6) is 0.657. The van der Waals surface area contributed by atoms with Gasteiger partial charge in [-0.1, -0.05) is 0 Å². The molecule has 3 heteroatoms. The van der Waals surface area contributed by atoms with Gasteiger partial charge in [0.15, 0.2) is 0 Å². The molecule has 3 atom stereocenters. The zero-order valence-corrected chi connectivity index (χ0v) is 8.42. The van der Waals surface area contributed by atoms with Crippen LogP contribution in [0, 0.1) is 5.92 Å². The molecular weight excluding hydrogens is 164 g/mol. The normalized spacial score (nSPS) is 44.8. The van der Waals surface area contributed by atoms with E-state index in [1.807, 2.05) is 7.05 Å². The quantitative estimate of drug-likeness (QED) is 0.636. The Morgan fingerprint density at radius 2 is 2.38 bits per heavy atom. The molecule has 0 aromatic heterocycles. The lowest BCUT2D eigenvalue weighted by molar-refractivity contribution is 0.00227. The van der Waals surface area contributed by atoms with E-state index in [2.05, 4.69) is 10.2 Å². The average Bonchev–Trinajstić information content (AvgIpc) is 2.20. The molecule has 0 aromatic carbocycles. The molecule has 76 valence electrons. The van der Waals surface area contributed by atoms with Gasteiger partial charge in [0.2, 0.25) is 0 Å². The average molecular weight is 184 g/mol. The van der Waals surface area contributed by atoms with Gasteiger partial charge in [-0.3, -0.25) is 0 Å². The lowest BCUT2D eigenvalue weighted by Gasteiger charge is -2.50. The Morgan fingerprint density at radius 3 is 3.08 bits per heavy atom. The molecular formula is C10H20N2O. The zero-order chi connectivity index (χ0) is 9.31. The zero-order valence-electron chi connectivity index (χ0n) is 8.42. The molecule has 2 aliphatic heterocycles. The summed E-state index contributed by atoms with van der Waals surface area (Å²) in [6.45, 7) is 3.89. The van der Waals surface area contributed by atoms with Crippen LogP contribution in [0.1, 0.15) is 19.3 Å². The molecule has 0 spiro atoms. The number of nitrogens with zero attached hydrogens (tertiary/aromatic N) is 1. The second kappa shape index (κ2) is 3.56. The topological polar surface area (TPSA) is 35.5 Å². The Balaban J connectivity index is 2.11. The number of fused-ring (bicyclic) bond motifs is 2. The van der Waals surface area contributed by atoms with Crippen molar-refractivity contribution in [2.45, 2.75) is 24.8 Å². The number of piperidine rings is 2. The van der Waals surface area contributed by atoms with E-state index in [0.717, 1.165) is 13.0 Å². The molecule has 0 radical (unpaired) electrons. The van der Waals surface area contributed by atoms with E-state index in [0.29, 0.717) is 12.5 Å². The van der Waals surface area contributed by atoms with Gasteiger partial charge < -0.3 is 15.3 Å². The summed E-state index contributed by atoms with van der Waals surface area (Å²) in [5, 5.41) is 12.8. The van der Waals surface area contributed by atoms with Gasteiger partial charge in [-0.2, -0.15) is 0 Å². The van der Waals surface area contributed by atoms with E-state index in [9.17, 15) is 5.11 Å². The maximum absolute atomic E-state index is 9.47. The molecule has 3 unspecified atom stereocenters. The number of aliphatic hydroxyl groups excluding tert-OH is 1. The molecule has 2 fully saturated rings. The predicted octanol–water partition coefficient (Wildman–Crippen LogP) is 0.0526. The van der Waals surface area contributed by atoms with Crippen LogP contribution in [0.2, 0.25) is 0 Å². The van der Waals surface area contributed by atoms with Crippen molar-refractivity contribution in [1.82, 2.24) is 10.2 Å². The Kier molecular flexibility index (Phi) is 2.58. The van der Waals surface area contributed by atoms with Crippen LogP contribution < -0.4 is 5.32 Å². The van der Waals surface area contributed by atoms with Crippen molar-refractivity contribution in [1.29, 1.82) is 0 Å². The van der Waals surface area contributed by atoms with Crippen molar-refractivity contribution in [3.8, 4) is 0 Å². The van der Waals surface area contributed by atoms with E-state index in [-0.39, 0.29) is 5.54 Å². The second-order valence-corrected chi connectivity index (χ2v) is 4.45. The highest BCUT2D eigenvalue weighted by Gasteiger charge is 2.42. The van der Waals surface area contributed by atoms with Crippen molar-refractivity contribution in [3.05, 3.63) is 0 Å². The number of hydrogen-bond acceptors (Lipinski definition) is 3. The predicted molar refractivity (Wildman–Crippen MR) is 52.7 cm³/mol. The van der Waals surface area contributed by atoms with Crippen LogP contribution in [-0.2, 0) is 0 Å². The molecule has 0 aliphatic carbocycles. The van der Waals surface area contributed by atoms with E-state index < -0.39 is 0 Å². The smallest absolute Gasteiger partial charge is 0.0616 e. The molecule has 2 aliphatic rings. The molecule has 2 heterocycles. The van der Waals surface area contributed by atoms with E-state index in [1.165, 1.54) is 25.9 Å². The van der Waals surface area contributed by atoms with Gasteiger partial charge in [0.1, 0.15) is 0 Å². The van der Waals surface area contributed by atoms with E-state index in [1.54, 1.807) is 0 Å².